The summed E-state index contributed by atoms with van der Waals surface area (Å²) < 4.78 is 1.15. The minimum atomic E-state index is 0.565. The Morgan fingerprint density at radius 1 is 1.33 bits per heavy atom. The Morgan fingerprint density at radius 3 is 2.56 bits per heavy atom. The molecule has 0 aliphatic heterocycles. The fourth-order valence-corrected chi connectivity index (χ4v) is 2.81. The van der Waals surface area contributed by atoms with E-state index in [0.29, 0.717) is 11.9 Å². The molecule has 0 spiro atoms. The zero-order valence-corrected chi connectivity index (χ0v) is 13.9. The average Bonchev–Trinajstić information content (AvgIpc) is 2.39. The minimum Gasteiger partial charge on any atom is -0.368 e. The summed E-state index contributed by atoms with van der Waals surface area (Å²) in [6.07, 6.45) is 3.62. The second-order valence-electron chi connectivity index (χ2n) is 4.72. The number of benzene rings is 1. The maximum absolute atomic E-state index is 5.87. The number of anilines is 1. The van der Waals surface area contributed by atoms with Crippen LogP contribution in [0.1, 0.15) is 45.6 Å². The van der Waals surface area contributed by atoms with Gasteiger partial charge >= 0.3 is 0 Å². The van der Waals surface area contributed by atoms with Gasteiger partial charge in [0.25, 0.3) is 0 Å². The highest BCUT2D eigenvalue weighted by molar-refractivity contribution is 9.10. The van der Waals surface area contributed by atoms with Gasteiger partial charge in [-0.3, -0.25) is 0 Å². The molecule has 0 radical (unpaired) electrons. The quantitative estimate of drug-likeness (QED) is 0.588. The lowest BCUT2D eigenvalue weighted by Gasteiger charge is -2.32. The molecule has 102 valence electrons. The van der Waals surface area contributed by atoms with Crippen LogP contribution in [0.5, 0.6) is 0 Å². The van der Waals surface area contributed by atoms with Crippen molar-refractivity contribution in [2.75, 3.05) is 11.4 Å². The van der Waals surface area contributed by atoms with Crippen LogP contribution in [0.2, 0.25) is 0 Å². The number of unbranched alkanes of at least 4 members (excludes halogenated alkanes) is 1. The maximum Gasteiger partial charge on any atom is 0.0513 e. The molecule has 1 unspecified atom stereocenters. The average molecular weight is 333 g/mol. The molecule has 1 nitrogen and oxygen atoms in total. The Balaban J connectivity index is 2.96. The van der Waals surface area contributed by atoms with Crippen molar-refractivity contribution in [3.05, 3.63) is 28.2 Å². The Kier molecular flexibility index (Phi) is 7.10. The lowest BCUT2D eigenvalue weighted by Crippen LogP contribution is -2.33. The minimum absolute atomic E-state index is 0.565. The smallest absolute Gasteiger partial charge is 0.0513 e. The summed E-state index contributed by atoms with van der Waals surface area (Å²) in [4.78, 5) is 2.49. The van der Waals surface area contributed by atoms with Gasteiger partial charge in [-0.15, -0.1) is 11.6 Å². The molecule has 3 heteroatoms. The van der Waals surface area contributed by atoms with Crippen LogP contribution < -0.4 is 4.90 Å². The van der Waals surface area contributed by atoms with Gasteiger partial charge in [0.15, 0.2) is 0 Å². The Hall–Kier alpha value is -0.210. The van der Waals surface area contributed by atoms with Gasteiger partial charge in [-0.1, -0.05) is 26.3 Å². The summed E-state index contributed by atoms with van der Waals surface area (Å²) in [6, 6.07) is 7.00. The van der Waals surface area contributed by atoms with Gasteiger partial charge in [0.05, 0.1) is 5.69 Å². The fraction of sp³-hybridized carbons (Fsp3) is 0.600. The first-order valence-electron chi connectivity index (χ1n) is 6.75. The standard InChI is InChI=1S/C15H23BrClN/c1-4-6-9-18(12(3)5-2)15-8-7-13(11-17)10-14(15)16/h7-8,10,12H,4-6,9,11H2,1-3H3. The molecule has 0 aliphatic rings. The fourth-order valence-electron chi connectivity index (χ4n) is 1.99. The third-order valence-electron chi connectivity index (χ3n) is 3.35. The molecule has 0 heterocycles. The molecule has 0 saturated carbocycles. The van der Waals surface area contributed by atoms with E-state index in [-0.39, 0.29) is 0 Å². The van der Waals surface area contributed by atoms with Crippen LogP contribution in [-0.2, 0) is 5.88 Å². The normalized spacial score (nSPS) is 12.5. The molecule has 1 atom stereocenters. The number of alkyl halides is 1. The van der Waals surface area contributed by atoms with E-state index in [0.717, 1.165) is 23.0 Å². The van der Waals surface area contributed by atoms with Crippen LogP contribution in [0.3, 0.4) is 0 Å². The first-order valence-corrected chi connectivity index (χ1v) is 8.07. The van der Waals surface area contributed by atoms with Crippen LogP contribution in [-0.4, -0.2) is 12.6 Å². The molecule has 0 aliphatic carbocycles. The van der Waals surface area contributed by atoms with E-state index in [1.807, 2.05) is 0 Å². The van der Waals surface area contributed by atoms with Crippen molar-refractivity contribution in [1.82, 2.24) is 0 Å². The third-order valence-corrected chi connectivity index (χ3v) is 4.30. The van der Waals surface area contributed by atoms with Crippen molar-refractivity contribution in [3.8, 4) is 0 Å². The molecule has 18 heavy (non-hydrogen) atoms. The maximum atomic E-state index is 5.87. The Bertz CT molecular complexity index is 368. The molecule has 0 N–H and O–H groups in total. The number of rotatable bonds is 7. The van der Waals surface area contributed by atoms with Crippen LogP contribution >= 0.6 is 27.5 Å². The van der Waals surface area contributed by atoms with E-state index in [9.17, 15) is 0 Å². The molecule has 1 aromatic carbocycles. The second-order valence-corrected chi connectivity index (χ2v) is 5.85. The highest BCUT2D eigenvalue weighted by Gasteiger charge is 2.15. The SMILES string of the molecule is CCCCN(c1ccc(CCl)cc1Br)C(C)CC. The molecule has 1 aromatic rings. The van der Waals surface area contributed by atoms with Crippen molar-refractivity contribution in [1.29, 1.82) is 0 Å². The van der Waals surface area contributed by atoms with Crippen molar-refractivity contribution < 1.29 is 0 Å². The first-order chi connectivity index (χ1) is 8.63. The second kappa shape index (κ2) is 8.06. The van der Waals surface area contributed by atoms with Gasteiger partial charge in [-0.2, -0.15) is 0 Å². The number of hydrogen-bond acceptors (Lipinski definition) is 1. The highest BCUT2D eigenvalue weighted by atomic mass is 79.9. The van der Waals surface area contributed by atoms with Crippen molar-refractivity contribution in [2.45, 2.75) is 52.0 Å². The van der Waals surface area contributed by atoms with Crippen molar-refractivity contribution in [2.24, 2.45) is 0 Å². The zero-order valence-electron chi connectivity index (χ0n) is 11.5. The first kappa shape index (κ1) is 15.8. The van der Waals surface area contributed by atoms with E-state index >= 15 is 0 Å². The van der Waals surface area contributed by atoms with E-state index in [2.05, 4.69) is 59.8 Å². The van der Waals surface area contributed by atoms with E-state index in [4.69, 9.17) is 11.6 Å². The number of nitrogens with zero attached hydrogens (tertiary/aromatic N) is 1. The van der Waals surface area contributed by atoms with Gasteiger partial charge in [-0.05, 0) is 53.4 Å². The van der Waals surface area contributed by atoms with Crippen LogP contribution in [0.4, 0.5) is 5.69 Å². The van der Waals surface area contributed by atoms with Crippen LogP contribution in [0.25, 0.3) is 0 Å². The number of halogens is 2. The molecular formula is C15H23BrClN. The summed E-state index contributed by atoms with van der Waals surface area (Å²) in [6.45, 7) is 7.88. The molecule has 0 fully saturated rings. The molecule has 0 bridgehead atoms. The number of hydrogen-bond donors (Lipinski definition) is 0. The summed E-state index contributed by atoms with van der Waals surface area (Å²) in [7, 11) is 0. The molecule has 0 amide bonds. The Labute approximate surface area is 125 Å². The van der Waals surface area contributed by atoms with Gasteiger partial charge in [-0.25, -0.2) is 0 Å². The monoisotopic (exact) mass is 331 g/mol. The van der Waals surface area contributed by atoms with E-state index in [1.165, 1.54) is 18.5 Å². The summed E-state index contributed by atoms with van der Waals surface area (Å²) >= 11 is 9.55. The lowest BCUT2D eigenvalue weighted by molar-refractivity contribution is 0.595. The largest absolute Gasteiger partial charge is 0.368 e. The summed E-state index contributed by atoms with van der Waals surface area (Å²) in [5.74, 6) is 0.567. The Morgan fingerprint density at radius 2 is 2.06 bits per heavy atom. The molecule has 0 saturated heterocycles. The van der Waals surface area contributed by atoms with Crippen molar-refractivity contribution in [3.63, 3.8) is 0 Å². The van der Waals surface area contributed by atoms with Gasteiger partial charge in [0.1, 0.15) is 0 Å². The zero-order chi connectivity index (χ0) is 13.5. The van der Waals surface area contributed by atoms with Gasteiger partial charge in [0.2, 0.25) is 0 Å². The molecular weight excluding hydrogens is 310 g/mol. The van der Waals surface area contributed by atoms with Crippen molar-refractivity contribution >= 4 is 33.2 Å². The summed E-state index contributed by atoms with van der Waals surface area (Å²) in [5.41, 5.74) is 2.44. The predicted octanol–water partition coefficient (Wildman–Crippen LogP) is 5.59. The van der Waals surface area contributed by atoms with Gasteiger partial charge in [0, 0.05) is 22.9 Å². The predicted molar refractivity (Wildman–Crippen MR) is 85.7 cm³/mol. The molecule has 1 rings (SSSR count). The summed E-state index contributed by atoms with van der Waals surface area (Å²) in [5, 5.41) is 0. The van der Waals surface area contributed by atoms with E-state index < -0.39 is 0 Å². The topological polar surface area (TPSA) is 3.24 Å². The lowest BCUT2D eigenvalue weighted by atomic mass is 10.1. The van der Waals surface area contributed by atoms with Crippen LogP contribution in [0, 0.1) is 0 Å². The molecule has 0 aromatic heterocycles. The van der Waals surface area contributed by atoms with Gasteiger partial charge < -0.3 is 4.90 Å². The third kappa shape index (κ3) is 4.17. The van der Waals surface area contributed by atoms with E-state index in [1.54, 1.807) is 0 Å². The highest BCUT2D eigenvalue weighted by Crippen LogP contribution is 2.30. The van der Waals surface area contributed by atoms with Crippen LogP contribution in [0.15, 0.2) is 22.7 Å².